The average Bonchev–Trinajstić information content (AvgIpc) is 3.12. The molecule has 2 heterocycles. The molecule has 140 valence electrons. The molecule has 0 saturated carbocycles. The Morgan fingerprint density at radius 1 is 1.04 bits per heavy atom. The summed E-state index contributed by atoms with van der Waals surface area (Å²) in [5.41, 5.74) is 3.91. The van der Waals surface area contributed by atoms with Crippen molar-refractivity contribution in [2.24, 2.45) is 0 Å². The van der Waals surface area contributed by atoms with E-state index in [0.717, 1.165) is 24.5 Å². The largest absolute Gasteiger partial charge is 0.326 e. The molecule has 1 aromatic heterocycles. The molecule has 1 amide bonds. The van der Waals surface area contributed by atoms with Crippen LogP contribution >= 0.6 is 0 Å². The molecule has 0 aliphatic carbocycles. The van der Waals surface area contributed by atoms with Gasteiger partial charge in [-0.3, -0.25) is 9.59 Å². The smallest absolute Gasteiger partial charge is 0.274 e. The van der Waals surface area contributed by atoms with Crippen molar-refractivity contribution in [3.8, 4) is 0 Å². The summed E-state index contributed by atoms with van der Waals surface area (Å²) in [4.78, 5) is 35.0. The van der Waals surface area contributed by atoms with Crippen LogP contribution in [0.1, 0.15) is 39.2 Å². The van der Waals surface area contributed by atoms with E-state index in [4.69, 9.17) is 0 Å². The highest BCUT2D eigenvalue weighted by atomic mass is 16.2. The molecule has 0 spiro atoms. The van der Waals surface area contributed by atoms with Gasteiger partial charge in [-0.25, -0.2) is 9.97 Å². The number of carbonyl (C=O) groups is 2. The molecule has 4 rings (SSSR count). The van der Waals surface area contributed by atoms with Crippen LogP contribution in [0.25, 0.3) is 0 Å². The van der Waals surface area contributed by atoms with Crippen molar-refractivity contribution < 1.29 is 9.59 Å². The maximum absolute atomic E-state index is 12.7. The zero-order valence-corrected chi connectivity index (χ0v) is 15.8. The number of hydrogen-bond acceptors (Lipinski definition) is 5. The number of Topliss-reactive ketones (excluding diaryl/α,β-unsaturated/α-hetero) is 1. The molecule has 0 radical (unpaired) electrons. The fraction of sp³-hybridized carbons (Fsp3) is 0.182. The summed E-state index contributed by atoms with van der Waals surface area (Å²) in [6.45, 7) is 4.11. The minimum atomic E-state index is -0.310. The first kappa shape index (κ1) is 17.9. The number of rotatable bonds is 4. The van der Waals surface area contributed by atoms with Gasteiger partial charge in [-0.15, -0.1) is 0 Å². The third kappa shape index (κ3) is 3.49. The number of para-hydroxylation sites is 1. The van der Waals surface area contributed by atoms with E-state index in [9.17, 15) is 9.59 Å². The molecule has 0 fully saturated rings. The molecule has 28 heavy (non-hydrogen) atoms. The normalized spacial score (nSPS) is 12.6. The molecular formula is C22H20N4O2. The van der Waals surface area contributed by atoms with Gasteiger partial charge in [-0.05, 0) is 56.2 Å². The van der Waals surface area contributed by atoms with Gasteiger partial charge in [0.25, 0.3) is 5.91 Å². The van der Waals surface area contributed by atoms with Crippen molar-refractivity contribution >= 4 is 28.9 Å². The predicted octanol–water partition coefficient (Wildman–Crippen LogP) is 3.93. The number of hydrogen-bond donors (Lipinski definition) is 1. The van der Waals surface area contributed by atoms with E-state index in [1.165, 1.54) is 12.5 Å². The maximum Gasteiger partial charge on any atom is 0.274 e. The van der Waals surface area contributed by atoms with Gasteiger partial charge in [0.15, 0.2) is 5.78 Å². The lowest BCUT2D eigenvalue weighted by Gasteiger charge is -2.19. The van der Waals surface area contributed by atoms with Crippen LogP contribution in [0.4, 0.5) is 17.2 Å². The van der Waals surface area contributed by atoms with Crippen molar-refractivity contribution in [3.63, 3.8) is 0 Å². The second-order valence-corrected chi connectivity index (χ2v) is 6.78. The van der Waals surface area contributed by atoms with Gasteiger partial charge < -0.3 is 10.2 Å². The van der Waals surface area contributed by atoms with Crippen LogP contribution in [0, 0.1) is 6.92 Å². The molecule has 3 aromatic rings. The quantitative estimate of drug-likeness (QED) is 0.702. The highest BCUT2D eigenvalue weighted by Crippen LogP contribution is 2.33. The zero-order valence-electron chi connectivity index (χ0n) is 15.8. The van der Waals surface area contributed by atoms with E-state index < -0.39 is 0 Å². The number of benzene rings is 2. The van der Waals surface area contributed by atoms with E-state index in [2.05, 4.69) is 32.3 Å². The van der Waals surface area contributed by atoms with E-state index in [0.29, 0.717) is 22.8 Å². The Morgan fingerprint density at radius 2 is 1.79 bits per heavy atom. The van der Waals surface area contributed by atoms with Gasteiger partial charge >= 0.3 is 0 Å². The van der Waals surface area contributed by atoms with Crippen molar-refractivity contribution in [1.29, 1.82) is 0 Å². The van der Waals surface area contributed by atoms with Crippen LogP contribution in [0.5, 0.6) is 0 Å². The number of ketones is 1. The van der Waals surface area contributed by atoms with Gasteiger partial charge in [-0.1, -0.05) is 18.2 Å². The van der Waals surface area contributed by atoms with Gasteiger partial charge in [0.2, 0.25) is 0 Å². The number of anilines is 3. The third-order valence-corrected chi connectivity index (χ3v) is 4.77. The standard InChI is InChI=1S/C22H20N4O2/c1-14(27)16-7-9-18(10-8-16)25-22(28)19-13-21(24-15(2)23-19)26-12-11-17-5-3-4-6-20(17)26/h3-10,13H,11-12H2,1-2H3,(H,25,28). The molecule has 1 N–H and O–H groups in total. The summed E-state index contributed by atoms with van der Waals surface area (Å²) < 4.78 is 0. The van der Waals surface area contributed by atoms with E-state index >= 15 is 0 Å². The lowest BCUT2D eigenvalue weighted by molar-refractivity contribution is 0.101. The fourth-order valence-electron chi connectivity index (χ4n) is 3.37. The van der Waals surface area contributed by atoms with Crippen LogP contribution < -0.4 is 10.2 Å². The molecule has 2 aromatic carbocycles. The molecule has 1 aliphatic heterocycles. The Kier molecular flexibility index (Phi) is 4.61. The number of aromatic nitrogens is 2. The van der Waals surface area contributed by atoms with Gasteiger partial charge in [0, 0.05) is 29.5 Å². The molecule has 0 bridgehead atoms. The molecule has 0 atom stereocenters. The summed E-state index contributed by atoms with van der Waals surface area (Å²) in [5, 5.41) is 2.83. The Morgan fingerprint density at radius 3 is 2.54 bits per heavy atom. The minimum absolute atomic E-state index is 0.0140. The van der Waals surface area contributed by atoms with E-state index in [1.807, 2.05) is 12.1 Å². The van der Waals surface area contributed by atoms with Crippen molar-refractivity contribution in [3.05, 3.63) is 77.2 Å². The van der Waals surface area contributed by atoms with Crippen molar-refractivity contribution in [1.82, 2.24) is 9.97 Å². The number of amides is 1. The minimum Gasteiger partial charge on any atom is -0.326 e. The van der Waals surface area contributed by atoms with Crippen LogP contribution in [0.2, 0.25) is 0 Å². The molecule has 0 saturated heterocycles. The Labute approximate surface area is 163 Å². The number of fused-ring (bicyclic) bond motifs is 1. The van der Waals surface area contributed by atoms with Gasteiger partial charge in [0.05, 0.1) is 0 Å². The summed E-state index contributed by atoms with van der Waals surface area (Å²) in [6, 6.07) is 16.7. The summed E-state index contributed by atoms with van der Waals surface area (Å²) in [6.07, 6.45) is 0.948. The van der Waals surface area contributed by atoms with Crippen LogP contribution in [-0.4, -0.2) is 28.2 Å². The van der Waals surface area contributed by atoms with Gasteiger partial charge in [-0.2, -0.15) is 0 Å². The van der Waals surface area contributed by atoms with Crippen molar-refractivity contribution in [2.45, 2.75) is 20.3 Å². The third-order valence-electron chi connectivity index (χ3n) is 4.77. The monoisotopic (exact) mass is 372 g/mol. The van der Waals surface area contributed by atoms with Crippen molar-refractivity contribution in [2.75, 3.05) is 16.8 Å². The number of aryl methyl sites for hydroxylation is 1. The van der Waals surface area contributed by atoms with E-state index in [-0.39, 0.29) is 11.7 Å². The molecule has 6 heteroatoms. The van der Waals surface area contributed by atoms with E-state index in [1.54, 1.807) is 37.3 Å². The first-order valence-electron chi connectivity index (χ1n) is 9.15. The highest BCUT2D eigenvalue weighted by Gasteiger charge is 2.22. The lowest BCUT2D eigenvalue weighted by Crippen LogP contribution is -2.19. The lowest BCUT2D eigenvalue weighted by atomic mass is 10.1. The first-order valence-corrected chi connectivity index (χ1v) is 9.15. The SMILES string of the molecule is CC(=O)c1ccc(NC(=O)c2cc(N3CCc4ccccc43)nc(C)n2)cc1. The molecule has 0 unspecified atom stereocenters. The molecule has 1 aliphatic rings. The van der Waals surface area contributed by atoms with Gasteiger partial charge in [0.1, 0.15) is 17.3 Å². The van der Waals surface area contributed by atoms with Crippen LogP contribution in [0.15, 0.2) is 54.6 Å². The van der Waals surface area contributed by atoms with Crippen LogP contribution in [0.3, 0.4) is 0 Å². The predicted molar refractivity (Wildman–Crippen MR) is 108 cm³/mol. The number of carbonyl (C=O) groups excluding carboxylic acids is 2. The van der Waals surface area contributed by atoms with Crippen LogP contribution in [-0.2, 0) is 6.42 Å². The Hall–Kier alpha value is -3.54. The molecule has 6 nitrogen and oxygen atoms in total. The maximum atomic E-state index is 12.7. The fourth-order valence-corrected chi connectivity index (χ4v) is 3.37. The molecular weight excluding hydrogens is 352 g/mol. The topological polar surface area (TPSA) is 75.2 Å². The zero-order chi connectivity index (χ0) is 19.7. The number of nitrogens with zero attached hydrogens (tertiary/aromatic N) is 3. The average molecular weight is 372 g/mol. The summed E-state index contributed by atoms with van der Waals surface area (Å²) >= 11 is 0. The Balaban J connectivity index is 1.59. The number of nitrogens with one attached hydrogen (secondary N) is 1. The Bertz CT molecular complexity index is 1060. The summed E-state index contributed by atoms with van der Waals surface area (Å²) in [5.74, 6) is 0.933. The second-order valence-electron chi connectivity index (χ2n) is 6.78. The highest BCUT2D eigenvalue weighted by molar-refractivity contribution is 6.03. The second kappa shape index (κ2) is 7.23. The summed E-state index contributed by atoms with van der Waals surface area (Å²) in [7, 11) is 0. The first-order chi connectivity index (χ1) is 13.5.